The first kappa shape index (κ1) is 13.9. The van der Waals surface area contributed by atoms with Gasteiger partial charge in [-0.05, 0) is 18.2 Å². The summed E-state index contributed by atoms with van der Waals surface area (Å²) >= 11 is 0. The average Bonchev–Trinajstić information content (AvgIpc) is 2.46. The zero-order valence-corrected chi connectivity index (χ0v) is 10.3. The number of aliphatic hydroxyl groups is 1. The Morgan fingerprint density at radius 2 is 2.15 bits per heavy atom. The van der Waals surface area contributed by atoms with Gasteiger partial charge in [0.2, 0.25) is 0 Å². The number of hydrogen-bond donors (Lipinski definition) is 1. The van der Waals surface area contributed by atoms with Gasteiger partial charge in [-0.15, -0.1) is 0 Å². The summed E-state index contributed by atoms with van der Waals surface area (Å²) in [6.07, 6.45) is 1.41. The summed E-state index contributed by atoms with van der Waals surface area (Å²) in [6.45, 7) is -0.235. The Kier molecular flexibility index (Phi) is 4.21. The quantitative estimate of drug-likeness (QED) is 0.669. The van der Waals surface area contributed by atoms with Crippen molar-refractivity contribution in [2.45, 2.75) is 13.2 Å². The molecule has 104 valence electrons. The molecule has 0 spiro atoms. The zero-order valence-electron chi connectivity index (χ0n) is 10.3. The number of aromatic nitrogens is 1. The second-order valence-electron chi connectivity index (χ2n) is 3.96. The standard InChI is InChI=1S/C13H11FN2O4/c14-13-5-11(16(18)19)3-1-9(13)8-20-12-4-2-10(7-17)15-6-12/h1-6,17H,7-8H2. The predicted molar refractivity (Wildman–Crippen MR) is 67.5 cm³/mol. The van der Waals surface area contributed by atoms with E-state index >= 15 is 0 Å². The van der Waals surface area contributed by atoms with E-state index in [9.17, 15) is 14.5 Å². The number of hydrogen-bond acceptors (Lipinski definition) is 5. The van der Waals surface area contributed by atoms with Crippen LogP contribution in [0, 0.1) is 15.9 Å². The van der Waals surface area contributed by atoms with Gasteiger partial charge in [0.1, 0.15) is 18.2 Å². The minimum Gasteiger partial charge on any atom is -0.487 e. The number of nitro benzene ring substituents is 1. The topological polar surface area (TPSA) is 85.5 Å². The lowest BCUT2D eigenvalue weighted by Crippen LogP contribution is -2.00. The molecule has 0 bridgehead atoms. The molecule has 6 nitrogen and oxygen atoms in total. The van der Waals surface area contributed by atoms with E-state index in [1.165, 1.54) is 18.3 Å². The number of nitro groups is 1. The van der Waals surface area contributed by atoms with E-state index in [-0.39, 0.29) is 24.5 Å². The van der Waals surface area contributed by atoms with Crippen LogP contribution in [0.4, 0.5) is 10.1 Å². The van der Waals surface area contributed by atoms with Crippen molar-refractivity contribution in [3.63, 3.8) is 0 Å². The maximum atomic E-state index is 13.6. The fourth-order valence-electron chi connectivity index (χ4n) is 1.52. The Labute approximate surface area is 113 Å². The van der Waals surface area contributed by atoms with Crippen LogP contribution in [0.5, 0.6) is 5.75 Å². The van der Waals surface area contributed by atoms with E-state index in [0.717, 1.165) is 6.07 Å². The minimum atomic E-state index is -0.695. The molecule has 1 N–H and O–H groups in total. The van der Waals surface area contributed by atoms with Gasteiger partial charge < -0.3 is 9.84 Å². The summed E-state index contributed by atoms with van der Waals surface area (Å²) in [6, 6.07) is 6.56. The molecular formula is C13H11FN2O4. The molecular weight excluding hydrogens is 267 g/mol. The van der Waals surface area contributed by atoms with Crippen molar-refractivity contribution >= 4 is 5.69 Å². The zero-order chi connectivity index (χ0) is 14.5. The number of nitrogens with zero attached hydrogens (tertiary/aromatic N) is 2. The molecule has 1 aromatic heterocycles. The van der Waals surface area contributed by atoms with Crippen LogP contribution in [0.25, 0.3) is 0 Å². The first-order valence-electron chi connectivity index (χ1n) is 5.71. The molecule has 0 radical (unpaired) electrons. The summed E-state index contributed by atoms with van der Waals surface area (Å²) in [4.78, 5) is 13.7. The largest absolute Gasteiger partial charge is 0.487 e. The van der Waals surface area contributed by atoms with Gasteiger partial charge in [0.05, 0.1) is 29.5 Å². The van der Waals surface area contributed by atoms with E-state index in [2.05, 4.69) is 4.98 Å². The van der Waals surface area contributed by atoms with Crippen molar-refractivity contribution in [2.75, 3.05) is 0 Å². The van der Waals surface area contributed by atoms with Crippen LogP contribution in [0.15, 0.2) is 36.5 Å². The van der Waals surface area contributed by atoms with Crippen LogP contribution >= 0.6 is 0 Å². The Hall–Kier alpha value is -2.54. The molecule has 0 fully saturated rings. The summed E-state index contributed by atoms with van der Waals surface area (Å²) in [7, 11) is 0. The monoisotopic (exact) mass is 278 g/mol. The average molecular weight is 278 g/mol. The minimum absolute atomic E-state index is 0.0655. The number of non-ortho nitro benzene ring substituents is 1. The van der Waals surface area contributed by atoms with Crippen LogP contribution in [0.1, 0.15) is 11.3 Å². The van der Waals surface area contributed by atoms with Gasteiger partial charge in [0, 0.05) is 11.6 Å². The maximum absolute atomic E-state index is 13.6. The van der Waals surface area contributed by atoms with Crippen LogP contribution in [0.2, 0.25) is 0 Å². The third-order valence-electron chi connectivity index (χ3n) is 2.60. The first-order chi connectivity index (χ1) is 9.60. The summed E-state index contributed by atoms with van der Waals surface area (Å²) in [5.41, 5.74) is 0.404. The van der Waals surface area contributed by atoms with Gasteiger partial charge in [0.25, 0.3) is 5.69 Å². The molecule has 0 saturated carbocycles. The number of aliphatic hydroxyl groups excluding tert-OH is 1. The molecule has 2 rings (SSSR count). The Morgan fingerprint density at radius 1 is 1.35 bits per heavy atom. The number of rotatable bonds is 5. The maximum Gasteiger partial charge on any atom is 0.272 e. The smallest absolute Gasteiger partial charge is 0.272 e. The lowest BCUT2D eigenvalue weighted by molar-refractivity contribution is -0.385. The fraction of sp³-hybridized carbons (Fsp3) is 0.154. The van der Waals surface area contributed by atoms with Gasteiger partial charge in [-0.2, -0.15) is 0 Å². The molecule has 0 saturated heterocycles. The van der Waals surface area contributed by atoms with Gasteiger partial charge in [-0.1, -0.05) is 0 Å². The van der Waals surface area contributed by atoms with Gasteiger partial charge in [-0.3, -0.25) is 15.1 Å². The molecule has 1 aromatic carbocycles. The Morgan fingerprint density at radius 3 is 2.70 bits per heavy atom. The van der Waals surface area contributed by atoms with Crippen molar-refractivity contribution in [1.29, 1.82) is 0 Å². The molecule has 7 heteroatoms. The normalized spacial score (nSPS) is 10.3. The summed E-state index contributed by atoms with van der Waals surface area (Å²) in [5, 5.41) is 19.3. The number of pyridine rings is 1. The second kappa shape index (κ2) is 6.07. The molecule has 0 unspecified atom stereocenters. The highest BCUT2D eigenvalue weighted by molar-refractivity contribution is 5.34. The van der Waals surface area contributed by atoms with E-state index in [0.29, 0.717) is 11.4 Å². The molecule has 1 heterocycles. The molecule has 0 aliphatic carbocycles. The van der Waals surface area contributed by atoms with Gasteiger partial charge >= 0.3 is 0 Å². The third-order valence-corrected chi connectivity index (χ3v) is 2.60. The van der Waals surface area contributed by atoms with Crippen LogP contribution in [-0.4, -0.2) is 15.0 Å². The van der Waals surface area contributed by atoms with E-state index in [4.69, 9.17) is 9.84 Å². The second-order valence-corrected chi connectivity index (χ2v) is 3.96. The van der Waals surface area contributed by atoms with Crippen LogP contribution < -0.4 is 4.74 Å². The summed E-state index contributed by atoms with van der Waals surface area (Å²) < 4.78 is 18.9. The highest BCUT2D eigenvalue weighted by Crippen LogP contribution is 2.18. The highest BCUT2D eigenvalue weighted by atomic mass is 19.1. The molecule has 0 amide bonds. The lowest BCUT2D eigenvalue weighted by Gasteiger charge is -2.07. The first-order valence-corrected chi connectivity index (χ1v) is 5.71. The molecule has 20 heavy (non-hydrogen) atoms. The van der Waals surface area contributed by atoms with Crippen molar-refractivity contribution in [3.05, 3.63) is 63.7 Å². The predicted octanol–water partition coefficient (Wildman–Crippen LogP) is 2.20. The van der Waals surface area contributed by atoms with E-state index in [1.807, 2.05) is 0 Å². The Balaban J connectivity index is 2.04. The fourth-order valence-corrected chi connectivity index (χ4v) is 1.52. The van der Waals surface area contributed by atoms with Crippen molar-refractivity contribution in [2.24, 2.45) is 0 Å². The molecule has 0 aliphatic rings. The number of ether oxygens (including phenoxy) is 1. The molecule has 2 aromatic rings. The lowest BCUT2D eigenvalue weighted by atomic mass is 10.2. The highest BCUT2D eigenvalue weighted by Gasteiger charge is 2.11. The SMILES string of the molecule is O=[N+]([O-])c1ccc(COc2ccc(CO)nc2)c(F)c1. The third kappa shape index (κ3) is 3.27. The molecule has 0 atom stereocenters. The van der Waals surface area contributed by atoms with Crippen LogP contribution in [0.3, 0.4) is 0 Å². The van der Waals surface area contributed by atoms with Crippen molar-refractivity contribution < 1.29 is 19.2 Å². The van der Waals surface area contributed by atoms with E-state index in [1.54, 1.807) is 12.1 Å². The van der Waals surface area contributed by atoms with Gasteiger partial charge in [-0.25, -0.2) is 4.39 Å². The van der Waals surface area contributed by atoms with Gasteiger partial charge in [0.15, 0.2) is 0 Å². The van der Waals surface area contributed by atoms with Crippen LogP contribution in [-0.2, 0) is 13.2 Å². The van der Waals surface area contributed by atoms with Crippen molar-refractivity contribution in [1.82, 2.24) is 4.98 Å². The summed E-state index contributed by atoms with van der Waals surface area (Å²) in [5.74, 6) is -0.279. The number of benzene rings is 1. The number of halogens is 1. The van der Waals surface area contributed by atoms with E-state index < -0.39 is 10.7 Å². The Bertz CT molecular complexity index is 616. The van der Waals surface area contributed by atoms with Crippen molar-refractivity contribution in [3.8, 4) is 5.75 Å². The molecule has 0 aliphatic heterocycles.